The molecular formula is C20H20N2O4S. The second-order valence-corrected chi connectivity index (χ2v) is 6.80. The number of benzene rings is 1. The molecule has 0 radical (unpaired) electrons. The summed E-state index contributed by atoms with van der Waals surface area (Å²) in [7, 11) is 0. The van der Waals surface area contributed by atoms with Crippen LogP contribution in [0.2, 0.25) is 0 Å². The Balaban J connectivity index is 1.52. The molecule has 2 aromatic heterocycles. The van der Waals surface area contributed by atoms with E-state index in [-0.39, 0.29) is 25.4 Å². The van der Waals surface area contributed by atoms with Crippen LogP contribution in [0, 0.1) is 13.8 Å². The first kappa shape index (κ1) is 18.8. The molecule has 0 saturated carbocycles. The van der Waals surface area contributed by atoms with Crippen LogP contribution in [0.15, 0.2) is 48.0 Å². The molecule has 140 valence electrons. The monoisotopic (exact) mass is 384 g/mol. The molecule has 0 saturated heterocycles. The van der Waals surface area contributed by atoms with E-state index in [1.54, 1.807) is 12.3 Å². The van der Waals surface area contributed by atoms with Crippen molar-refractivity contribution < 1.29 is 19.1 Å². The average Bonchev–Trinajstić information content (AvgIpc) is 3.28. The van der Waals surface area contributed by atoms with Gasteiger partial charge >= 0.3 is 5.97 Å². The van der Waals surface area contributed by atoms with Crippen LogP contribution < -0.4 is 4.74 Å². The lowest BCUT2D eigenvalue weighted by atomic mass is 10.1. The van der Waals surface area contributed by atoms with E-state index < -0.39 is 5.97 Å². The fraction of sp³-hybridized carbons (Fsp3) is 0.250. The number of ketones is 1. The van der Waals surface area contributed by atoms with E-state index in [1.807, 2.05) is 54.1 Å². The first-order valence-corrected chi connectivity index (χ1v) is 9.39. The third-order valence-corrected chi connectivity index (χ3v) is 4.78. The normalized spacial score (nSPS) is 10.6. The quantitative estimate of drug-likeness (QED) is 0.437. The number of para-hydroxylation sites is 1. The number of rotatable bonds is 8. The molecule has 0 bridgehead atoms. The summed E-state index contributed by atoms with van der Waals surface area (Å²) in [6.07, 6.45) is 1.81. The Morgan fingerprint density at radius 1 is 1.19 bits per heavy atom. The van der Waals surface area contributed by atoms with Crippen LogP contribution in [-0.4, -0.2) is 34.5 Å². The maximum atomic E-state index is 12.5. The van der Waals surface area contributed by atoms with Gasteiger partial charge in [0.1, 0.15) is 5.75 Å². The average molecular weight is 384 g/mol. The molecule has 1 aromatic carbocycles. The maximum absolute atomic E-state index is 12.5. The minimum atomic E-state index is -0.465. The number of hydrogen-bond donors (Lipinski definition) is 0. The lowest BCUT2D eigenvalue weighted by Gasteiger charge is -2.07. The number of ether oxygens (including phenoxy) is 2. The van der Waals surface area contributed by atoms with Gasteiger partial charge in [0.2, 0.25) is 5.78 Å². The van der Waals surface area contributed by atoms with Gasteiger partial charge in [-0.2, -0.15) is 0 Å². The second kappa shape index (κ2) is 8.64. The van der Waals surface area contributed by atoms with Gasteiger partial charge in [-0.1, -0.05) is 18.2 Å². The summed E-state index contributed by atoms with van der Waals surface area (Å²) in [6.45, 7) is 3.69. The molecule has 0 aliphatic carbocycles. The molecule has 27 heavy (non-hydrogen) atoms. The third kappa shape index (κ3) is 4.62. The number of aromatic nitrogens is 2. The topological polar surface area (TPSA) is 70.4 Å². The number of aryl methyl sites for hydroxylation is 1. The van der Waals surface area contributed by atoms with Crippen LogP contribution in [0.5, 0.6) is 5.75 Å². The van der Waals surface area contributed by atoms with Gasteiger partial charge in [-0.25, -0.2) is 4.98 Å². The van der Waals surface area contributed by atoms with Gasteiger partial charge in [0, 0.05) is 28.5 Å². The summed E-state index contributed by atoms with van der Waals surface area (Å²) in [5.74, 6) is -0.00718. The Bertz CT molecular complexity index is 917. The van der Waals surface area contributed by atoms with Crippen LogP contribution in [0.4, 0.5) is 0 Å². The lowest BCUT2D eigenvalue weighted by molar-refractivity contribution is -0.143. The zero-order chi connectivity index (χ0) is 19.2. The standard InChI is InChI=1S/C20H20N2O4S/c1-14-12-17(15(2)22(14)20-21-9-11-27-20)18(23)13-26-19(24)8-10-25-16-6-4-3-5-7-16/h3-7,9,11-12H,8,10,13H2,1-2H3. The molecule has 3 aromatic rings. The number of hydrogen-bond acceptors (Lipinski definition) is 6. The Kier molecular flexibility index (Phi) is 6.03. The van der Waals surface area contributed by atoms with Crippen LogP contribution in [0.1, 0.15) is 28.2 Å². The minimum Gasteiger partial charge on any atom is -0.493 e. The molecule has 6 nitrogen and oxygen atoms in total. The van der Waals surface area contributed by atoms with E-state index in [1.165, 1.54) is 11.3 Å². The minimum absolute atomic E-state index is 0.0836. The zero-order valence-corrected chi connectivity index (χ0v) is 16.0. The Labute approximate surface area is 161 Å². The van der Waals surface area contributed by atoms with Gasteiger partial charge < -0.3 is 9.47 Å². The smallest absolute Gasteiger partial charge is 0.309 e. The first-order valence-electron chi connectivity index (χ1n) is 8.51. The van der Waals surface area contributed by atoms with E-state index in [0.717, 1.165) is 16.5 Å². The van der Waals surface area contributed by atoms with E-state index in [9.17, 15) is 9.59 Å². The zero-order valence-electron chi connectivity index (χ0n) is 15.2. The van der Waals surface area contributed by atoms with Gasteiger partial charge in [-0.15, -0.1) is 11.3 Å². The van der Waals surface area contributed by atoms with Gasteiger partial charge in [0.15, 0.2) is 11.7 Å². The molecule has 2 heterocycles. The van der Waals surface area contributed by atoms with E-state index in [4.69, 9.17) is 9.47 Å². The molecular weight excluding hydrogens is 364 g/mol. The van der Waals surface area contributed by atoms with E-state index in [0.29, 0.717) is 11.3 Å². The van der Waals surface area contributed by atoms with Crippen molar-refractivity contribution in [1.29, 1.82) is 0 Å². The second-order valence-electron chi connectivity index (χ2n) is 5.93. The van der Waals surface area contributed by atoms with Crippen molar-refractivity contribution in [2.75, 3.05) is 13.2 Å². The van der Waals surface area contributed by atoms with Crippen molar-refractivity contribution in [2.24, 2.45) is 0 Å². The third-order valence-electron chi connectivity index (χ3n) is 4.02. The molecule has 0 aliphatic rings. The van der Waals surface area contributed by atoms with Gasteiger partial charge in [0.05, 0.1) is 13.0 Å². The highest BCUT2D eigenvalue weighted by molar-refractivity contribution is 7.12. The van der Waals surface area contributed by atoms with Crippen molar-refractivity contribution >= 4 is 23.1 Å². The molecule has 0 atom stereocenters. The Hall–Kier alpha value is -2.93. The van der Waals surface area contributed by atoms with Crippen LogP contribution in [0.3, 0.4) is 0 Å². The number of thiazole rings is 1. The Morgan fingerprint density at radius 3 is 2.67 bits per heavy atom. The Morgan fingerprint density at radius 2 is 1.96 bits per heavy atom. The SMILES string of the molecule is Cc1cc(C(=O)COC(=O)CCOc2ccccc2)c(C)n1-c1nccs1. The van der Waals surface area contributed by atoms with Crippen molar-refractivity contribution in [3.05, 3.63) is 64.9 Å². The summed E-state index contributed by atoms with van der Waals surface area (Å²) in [6, 6.07) is 11.0. The number of carbonyl (C=O) groups excluding carboxylic acids is 2. The highest BCUT2D eigenvalue weighted by Crippen LogP contribution is 2.22. The summed E-state index contributed by atoms with van der Waals surface area (Å²) >= 11 is 1.50. The molecule has 7 heteroatoms. The molecule has 0 N–H and O–H groups in total. The molecule has 0 fully saturated rings. The summed E-state index contributed by atoms with van der Waals surface area (Å²) < 4.78 is 12.5. The molecule has 0 aliphatic heterocycles. The van der Waals surface area contributed by atoms with Crippen LogP contribution in [0.25, 0.3) is 5.13 Å². The highest BCUT2D eigenvalue weighted by atomic mass is 32.1. The van der Waals surface area contributed by atoms with E-state index >= 15 is 0 Å². The first-order chi connectivity index (χ1) is 13.1. The molecule has 3 rings (SSSR count). The largest absolute Gasteiger partial charge is 0.493 e. The number of carbonyl (C=O) groups is 2. The van der Waals surface area contributed by atoms with Crippen molar-refractivity contribution in [1.82, 2.24) is 9.55 Å². The predicted molar refractivity (Wildman–Crippen MR) is 103 cm³/mol. The van der Waals surface area contributed by atoms with Crippen molar-refractivity contribution in [3.8, 4) is 10.9 Å². The number of nitrogens with zero attached hydrogens (tertiary/aromatic N) is 2. The molecule has 0 unspecified atom stereocenters. The number of Topliss-reactive ketones (excluding diaryl/α,β-unsaturated/α-hetero) is 1. The summed E-state index contributed by atoms with van der Waals surface area (Å²) in [5, 5.41) is 2.69. The van der Waals surface area contributed by atoms with Crippen molar-refractivity contribution in [2.45, 2.75) is 20.3 Å². The fourth-order valence-electron chi connectivity index (χ4n) is 2.73. The fourth-order valence-corrected chi connectivity index (χ4v) is 3.48. The van der Waals surface area contributed by atoms with E-state index in [2.05, 4.69) is 4.98 Å². The summed E-state index contributed by atoms with van der Waals surface area (Å²) in [4.78, 5) is 28.6. The van der Waals surface area contributed by atoms with Crippen LogP contribution in [-0.2, 0) is 9.53 Å². The highest BCUT2D eigenvalue weighted by Gasteiger charge is 2.19. The van der Waals surface area contributed by atoms with Gasteiger partial charge in [0.25, 0.3) is 0 Å². The maximum Gasteiger partial charge on any atom is 0.309 e. The summed E-state index contributed by atoms with van der Waals surface area (Å²) in [5.41, 5.74) is 2.24. The number of esters is 1. The lowest BCUT2D eigenvalue weighted by Crippen LogP contribution is -2.16. The molecule has 0 spiro atoms. The van der Waals surface area contributed by atoms with Gasteiger partial charge in [-0.3, -0.25) is 14.2 Å². The van der Waals surface area contributed by atoms with Crippen molar-refractivity contribution in [3.63, 3.8) is 0 Å². The molecule has 0 amide bonds. The van der Waals surface area contributed by atoms with Crippen LogP contribution >= 0.6 is 11.3 Å². The predicted octanol–water partition coefficient (Wildman–Crippen LogP) is 3.75. The van der Waals surface area contributed by atoms with Gasteiger partial charge in [-0.05, 0) is 32.0 Å².